The van der Waals surface area contributed by atoms with Gasteiger partial charge in [0.2, 0.25) is 21.8 Å². The summed E-state index contributed by atoms with van der Waals surface area (Å²) >= 11 is 0. The third-order valence-corrected chi connectivity index (χ3v) is 6.50. The predicted octanol–water partition coefficient (Wildman–Crippen LogP) is 0.177. The second kappa shape index (κ2) is 8.10. The van der Waals surface area contributed by atoms with Gasteiger partial charge in [-0.2, -0.15) is 0 Å². The van der Waals surface area contributed by atoms with E-state index in [1.54, 1.807) is 0 Å². The van der Waals surface area contributed by atoms with Crippen LogP contribution in [0.4, 0.5) is 0 Å². The minimum atomic E-state index is -3.09. The second-order valence-corrected chi connectivity index (χ2v) is 8.35. The number of amides is 2. The summed E-state index contributed by atoms with van der Waals surface area (Å²) in [5.74, 6) is 0.288. The topological polar surface area (TPSA) is 86.8 Å². The zero-order valence-electron chi connectivity index (χ0n) is 13.8. The molecule has 0 atom stereocenters. The van der Waals surface area contributed by atoms with Gasteiger partial charge in [-0.15, -0.1) is 0 Å². The van der Waals surface area contributed by atoms with Crippen LogP contribution in [0, 0.1) is 5.92 Å². The van der Waals surface area contributed by atoms with E-state index in [9.17, 15) is 18.0 Å². The largest absolute Gasteiger partial charge is 0.355 e. The summed E-state index contributed by atoms with van der Waals surface area (Å²) in [6, 6.07) is 0. The van der Waals surface area contributed by atoms with E-state index in [0.29, 0.717) is 58.4 Å². The molecule has 0 saturated carbocycles. The van der Waals surface area contributed by atoms with Crippen LogP contribution in [0.5, 0.6) is 0 Å². The number of likely N-dealkylation sites (tertiary alicyclic amines) is 1. The standard InChI is InChI=1S/C15H27N3O4S/c1-2-4-14(19)17-9-5-13(6-10-17)15(20)16-7-11-18-8-3-12-23(18,21)22/h13H,2-12H2,1H3,(H,16,20). The van der Waals surface area contributed by atoms with Gasteiger partial charge in [0, 0.05) is 45.1 Å². The fourth-order valence-electron chi connectivity index (χ4n) is 3.15. The zero-order chi connectivity index (χ0) is 16.9. The highest BCUT2D eigenvalue weighted by Gasteiger charge is 2.29. The number of hydrogen-bond donors (Lipinski definition) is 1. The van der Waals surface area contributed by atoms with E-state index < -0.39 is 10.0 Å². The van der Waals surface area contributed by atoms with Crippen molar-refractivity contribution in [2.24, 2.45) is 5.92 Å². The lowest BCUT2D eigenvalue weighted by atomic mass is 9.95. The van der Waals surface area contributed by atoms with Gasteiger partial charge in [0.15, 0.2) is 0 Å². The molecule has 0 aromatic rings. The molecule has 2 fully saturated rings. The molecular weight excluding hydrogens is 318 g/mol. The molecule has 0 aromatic carbocycles. The lowest BCUT2D eigenvalue weighted by molar-refractivity contribution is -0.135. The Morgan fingerprint density at radius 1 is 1.17 bits per heavy atom. The summed E-state index contributed by atoms with van der Waals surface area (Å²) in [7, 11) is -3.09. The summed E-state index contributed by atoms with van der Waals surface area (Å²) in [5.41, 5.74) is 0. The van der Waals surface area contributed by atoms with E-state index in [-0.39, 0.29) is 23.5 Å². The van der Waals surface area contributed by atoms with Gasteiger partial charge >= 0.3 is 0 Å². The molecule has 0 bridgehead atoms. The lowest BCUT2D eigenvalue weighted by Crippen LogP contribution is -2.44. The molecule has 2 heterocycles. The molecule has 0 aliphatic carbocycles. The quantitative estimate of drug-likeness (QED) is 0.744. The smallest absolute Gasteiger partial charge is 0.223 e. The summed E-state index contributed by atoms with van der Waals surface area (Å²) in [5, 5.41) is 2.84. The van der Waals surface area contributed by atoms with Crippen molar-refractivity contribution >= 4 is 21.8 Å². The second-order valence-electron chi connectivity index (χ2n) is 6.26. The first-order valence-electron chi connectivity index (χ1n) is 8.47. The van der Waals surface area contributed by atoms with Gasteiger partial charge in [0.05, 0.1) is 5.75 Å². The Morgan fingerprint density at radius 2 is 1.87 bits per heavy atom. The third kappa shape index (κ3) is 4.91. The lowest BCUT2D eigenvalue weighted by Gasteiger charge is -2.31. The first-order chi connectivity index (χ1) is 10.9. The van der Waals surface area contributed by atoms with Gasteiger partial charge in [0.1, 0.15) is 0 Å². The molecule has 0 unspecified atom stereocenters. The maximum absolute atomic E-state index is 12.2. The molecular formula is C15H27N3O4S. The molecule has 2 rings (SSSR count). The average molecular weight is 345 g/mol. The molecule has 0 spiro atoms. The Hall–Kier alpha value is -1.15. The van der Waals surface area contributed by atoms with Crippen molar-refractivity contribution < 1.29 is 18.0 Å². The van der Waals surface area contributed by atoms with E-state index in [1.807, 2.05) is 11.8 Å². The molecule has 0 radical (unpaired) electrons. The van der Waals surface area contributed by atoms with Crippen molar-refractivity contribution in [3.05, 3.63) is 0 Å². The van der Waals surface area contributed by atoms with Crippen molar-refractivity contribution in [3.63, 3.8) is 0 Å². The van der Waals surface area contributed by atoms with Crippen molar-refractivity contribution in [1.29, 1.82) is 0 Å². The fraction of sp³-hybridized carbons (Fsp3) is 0.867. The Morgan fingerprint density at radius 3 is 2.43 bits per heavy atom. The van der Waals surface area contributed by atoms with Gasteiger partial charge in [-0.1, -0.05) is 6.92 Å². The molecule has 132 valence electrons. The molecule has 8 heteroatoms. The number of piperidine rings is 1. The van der Waals surface area contributed by atoms with Crippen LogP contribution in [-0.4, -0.2) is 67.9 Å². The van der Waals surface area contributed by atoms with E-state index in [4.69, 9.17) is 0 Å². The van der Waals surface area contributed by atoms with E-state index >= 15 is 0 Å². The Labute approximate surface area is 138 Å². The summed E-state index contributed by atoms with van der Waals surface area (Å²) in [6.07, 6.45) is 3.45. The van der Waals surface area contributed by atoms with Gasteiger partial charge in [-0.05, 0) is 25.7 Å². The minimum Gasteiger partial charge on any atom is -0.355 e. The highest BCUT2D eigenvalue weighted by molar-refractivity contribution is 7.89. The van der Waals surface area contributed by atoms with E-state index in [1.165, 1.54) is 4.31 Å². The van der Waals surface area contributed by atoms with Crippen LogP contribution in [0.1, 0.15) is 39.0 Å². The van der Waals surface area contributed by atoms with Gasteiger partial charge in [-0.3, -0.25) is 9.59 Å². The zero-order valence-corrected chi connectivity index (χ0v) is 14.6. The Bertz CT molecular complexity index is 527. The van der Waals surface area contributed by atoms with Crippen molar-refractivity contribution in [2.75, 3.05) is 38.5 Å². The normalized spacial score (nSPS) is 22.2. The third-order valence-electron chi connectivity index (χ3n) is 4.55. The molecule has 7 nitrogen and oxygen atoms in total. The molecule has 2 aliphatic heterocycles. The van der Waals surface area contributed by atoms with Crippen LogP contribution >= 0.6 is 0 Å². The Kier molecular flexibility index (Phi) is 6.41. The highest BCUT2D eigenvalue weighted by Crippen LogP contribution is 2.18. The van der Waals surface area contributed by atoms with Crippen molar-refractivity contribution in [1.82, 2.24) is 14.5 Å². The molecule has 23 heavy (non-hydrogen) atoms. The number of carbonyl (C=O) groups excluding carboxylic acids is 2. The van der Waals surface area contributed by atoms with Crippen LogP contribution in [0.2, 0.25) is 0 Å². The Balaban J connectivity index is 1.68. The van der Waals surface area contributed by atoms with Crippen LogP contribution < -0.4 is 5.32 Å². The van der Waals surface area contributed by atoms with Crippen LogP contribution in [-0.2, 0) is 19.6 Å². The maximum atomic E-state index is 12.2. The predicted molar refractivity (Wildman–Crippen MR) is 87.2 cm³/mol. The molecule has 1 N–H and O–H groups in total. The number of nitrogens with zero attached hydrogens (tertiary/aromatic N) is 2. The fourth-order valence-corrected chi connectivity index (χ4v) is 4.68. The van der Waals surface area contributed by atoms with Crippen molar-refractivity contribution in [2.45, 2.75) is 39.0 Å². The average Bonchev–Trinajstić information content (AvgIpc) is 2.86. The number of carbonyl (C=O) groups is 2. The summed E-state index contributed by atoms with van der Waals surface area (Å²) in [6.45, 7) is 4.51. The first-order valence-corrected chi connectivity index (χ1v) is 10.1. The van der Waals surface area contributed by atoms with Gasteiger partial charge in [-0.25, -0.2) is 12.7 Å². The number of nitrogens with one attached hydrogen (secondary N) is 1. The first kappa shape index (κ1) is 18.2. The monoisotopic (exact) mass is 345 g/mol. The number of hydrogen-bond acceptors (Lipinski definition) is 4. The van der Waals surface area contributed by atoms with Gasteiger partial charge in [0.25, 0.3) is 0 Å². The van der Waals surface area contributed by atoms with Crippen LogP contribution in [0.3, 0.4) is 0 Å². The van der Waals surface area contributed by atoms with Crippen LogP contribution in [0.25, 0.3) is 0 Å². The van der Waals surface area contributed by atoms with E-state index in [2.05, 4.69) is 5.32 Å². The van der Waals surface area contributed by atoms with Crippen molar-refractivity contribution in [3.8, 4) is 0 Å². The highest BCUT2D eigenvalue weighted by atomic mass is 32.2. The van der Waals surface area contributed by atoms with Crippen LogP contribution in [0.15, 0.2) is 0 Å². The van der Waals surface area contributed by atoms with Gasteiger partial charge < -0.3 is 10.2 Å². The molecule has 2 amide bonds. The SMILES string of the molecule is CCCC(=O)N1CCC(C(=O)NCCN2CCCS2(=O)=O)CC1. The maximum Gasteiger partial charge on any atom is 0.223 e. The number of rotatable bonds is 6. The minimum absolute atomic E-state index is 0.0239. The summed E-state index contributed by atoms with van der Waals surface area (Å²) in [4.78, 5) is 25.8. The molecule has 2 saturated heterocycles. The number of sulfonamides is 1. The van der Waals surface area contributed by atoms with E-state index in [0.717, 1.165) is 6.42 Å². The molecule has 0 aromatic heterocycles. The molecule has 2 aliphatic rings. The summed E-state index contributed by atoms with van der Waals surface area (Å²) < 4.78 is 24.8.